The average Bonchev–Trinajstić information content (AvgIpc) is 2.77. The first-order chi connectivity index (χ1) is 9.58. The number of carbonyl (C=O) groups excluding carboxylic acids is 1. The topological polar surface area (TPSA) is 20.3 Å². The van der Waals surface area contributed by atoms with Crippen molar-refractivity contribution in [2.75, 3.05) is 4.90 Å². The molecule has 0 aliphatic carbocycles. The molecule has 0 N–H and O–H groups in total. The van der Waals surface area contributed by atoms with Crippen LogP contribution in [-0.2, 0) is 6.42 Å². The predicted molar refractivity (Wildman–Crippen MR) is 72.8 cm³/mol. The normalized spacial score (nSPS) is 17.1. The van der Waals surface area contributed by atoms with Gasteiger partial charge in [-0.05, 0) is 43.2 Å². The maximum atomic E-state index is 13.3. The van der Waals surface area contributed by atoms with E-state index in [2.05, 4.69) is 0 Å². The molecule has 3 rings (SSSR count). The lowest BCUT2D eigenvalue weighted by molar-refractivity contribution is 0.0981. The van der Waals surface area contributed by atoms with Crippen molar-refractivity contribution in [2.24, 2.45) is 0 Å². The van der Waals surface area contributed by atoms with Gasteiger partial charge in [0.2, 0.25) is 0 Å². The summed E-state index contributed by atoms with van der Waals surface area (Å²) in [7, 11) is 0. The average molecular weight is 273 g/mol. The Morgan fingerprint density at radius 2 is 1.90 bits per heavy atom. The molecule has 0 saturated heterocycles. The van der Waals surface area contributed by atoms with Crippen molar-refractivity contribution in [2.45, 2.75) is 19.4 Å². The van der Waals surface area contributed by atoms with Crippen molar-refractivity contribution in [3.05, 3.63) is 65.2 Å². The van der Waals surface area contributed by atoms with E-state index in [1.54, 1.807) is 4.90 Å². The van der Waals surface area contributed by atoms with Gasteiger partial charge in [-0.25, -0.2) is 8.78 Å². The van der Waals surface area contributed by atoms with E-state index >= 15 is 0 Å². The van der Waals surface area contributed by atoms with Gasteiger partial charge in [0.05, 0.1) is 0 Å². The second-order valence-electron chi connectivity index (χ2n) is 4.99. The summed E-state index contributed by atoms with van der Waals surface area (Å²) < 4.78 is 26.2. The van der Waals surface area contributed by atoms with Gasteiger partial charge in [-0.2, -0.15) is 0 Å². The van der Waals surface area contributed by atoms with Crippen LogP contribution in [0.25, 0.3) is 0 Å². The first-order valence-corrected chi connectivity index (χ1v) is 6.44. The Morgan fingerprint density at radius 3 is 2.65 bits per heavy atom. The van der Waals surface area contributed by atoms with Gasteiger partial charge in [0.25, 0.3) is 5.91 Å². The molecule has 1 aliphatic rings. The molecule has 0 spiro atoms. The van der Waals surface area contributed by atoms with Crippen molar-refractivity contribution >= 4 is 11.6 Å². The maximum Gasteiger partial charge on any atom is 0.258 e. The molecule has 0 radical (unpaired) electrons. The monoisotopic (exact) mass is 273 g/mol. The SMILES string of the molecule is CC1Cc2ccccc2N1C(=O)c1ccc(F)c(F)c1. The number of carbonyl (C=O) groups is 1. The minimum atomic E-state index is -1.00. The van der Waals surface area contributed by atoms with Crippen molar-refractivity contribution in [1.29, 1.82) is 0 Å². The molecule has 102 valence electrons. The van der Waals surface area contributed by atoms with Gasteiger partial charge in [-0.15, -0.1) is 0 Å². The number of benzene rings is 2. The lowest BCUT2D eigenvalue weighted by atomic mass is 10.1. The Bertz CT molecular complexity index is 684. The largest absolute Gasteiger partial charge is 0.305 e. The summed E-state index contributed by atoms with van der Waals surface area (Å²) in [5.41, 5.74) is 2.10. The number of nitrogens with zero attached hydrogens (tertiary/aromatic N) is 1. The number of amides is 1. The molecule has 1 aliphatic heterocycles. The third-order valence-corrected chi connectivity index (χ3v) is 3.59. The Hall–Kier alpha value is -2.23. The van der Waals surface area contributed by atoms with Crippen molar-refractivity contribution in [1.82, 2.24) is 0 Å². The first-order valence-electron chi connectivity index (χ1n) is 6.44. The number of hydrogen-bond acceptors (Lipinski definition) is 1. The van der Waals surface area contributed by atoms with Crippen LogP contribution >= 0.6 is 0 Å². The third-order valence-electron chi connectivity index (χ3n) is 3.59. The van der Waals surface area contributed by atoms with E-state index in [9.17, 15) is 13.6 Å². The predicted octanol–water partition coefficient (Wildman–Crippen LogP) is 3.56. The fraction of sp³-hybridized carbons (Fsp3) is 0.188. The standard InChI is InChI=1S/C16H13F2NO/c1-10-8-11-4-2-3-5-15(11)19(10)16(20)12-6-7-13(17)14(18)9-12/h2-7,9-10H,8H2,1H3. The molecule has 1 heterocycles. The van der Waals surface area contributed by atoms with Gasteiger partial charge in [-0.1, -0.05) is 18.2 Å². The molecule has 1 unspecified atom stereocenters. The number of halogens is 2. The minimum absolute atomic E-state index is 0.00742. The molecule has 0 fully saturated rings. The fourth-order valence-corrected chi connectivity index (χ4v) is 2.64. The second-order valence-corrected chi connectivity index (χ2v) is 4.99. The lowest BCUT2D eigenvalue weighted by Crippen LogP contribution is -2.35. The van der Waals surface area contributed by atoms with Crippen LogP contribution in [-0.4, -0.2) is 11.9 Å². The van der Waals surface area contributed by atoms with Gasteiger partial charge < -0.3 is 4.90 Å². The molecule has 2 aromatic carbocycles. The summed E-state index contributed by atoms with van der Waals surface area (Å²) in [6.07, 6.45) is 0.769. The van der Waals surface area contributed by atoms with Gasteiger partial charge >= 0.3 is 0 Å². The summed E-state index contributed by atoms with van der Waals surface area (Å²) in [6.45, 7) is 1.94. The van der Waals surface area contributed by atoms with Crippen molar-refractivity contribution in [3.8, 4) is 0 Å². The number of anilines is 1. The zero-order valence-electron chi connectivity index (χ0n) is 10.9. The van der Waals surface area contributed by atoms with Crippen molar-refractivity contribution in [3.63, 3.8) is 0 Å². The van der Waals surface area contributed by atoms with Crippen molar-refractivity contribution < 1.29 is 13.6 Å². The number of hydrogen-bond donors (Lipinski definition) is 0. The molecule has 0 bridgehead atoms. The Morgan fingerprint density at radius 1 is 1.15 bits per heavy atom. The van der Waals surface area contributed by atoms with Crippen LogP contribution in [0.4, 0.5) is 14.5 Å². The molecule has 4 heteroatoms. The highest BCUT2D eigenvalue weighted by Crippen LogP contribution is 2.33. The van der Waals surface area contributed by atoms with E-state index in [-0.39, 0.29) is 17.5 Å². The molecular weight excluding hydrogens is 260 g/mol. The van der Waals surface area contributed by atoms with E-state index in [0.29, 0.717) is 0 Å². The summed E-state index contributed by atoms with van der Waals surface area (Å²) in [4.78, 5) is 14.2. The quantitative estimate of drug-likeness (QED) is 0.778. The smallest absolute Gasteiger partial charge is 0.258 e. The third kappa shape index (κ3) is 1.97. The summed E-state index contributed by atoms with van der Waals surface area (Å²) in [6, 6.07) is 10.9. The number of rotatable bonds is 1. The highest BCUT2D eigenvalue weighted by molar-refractivity contribution is 6.07. The Kier molecular flexibility index (Phi) is 3.01. The van der Waals surface area contributed by atoms with Crippen LogP contribution in [0.15, 0.2) is 42.5 Å². The molecule has 20 heavy (non-hydrogen) atoms. The second kappa shape index (κ2) is 4.71. The summed E-state index contributed by atoms with van der Waals surface area (Å²) >= 11 is 0. The van der Waals surface area contributed by atoms with E-state index in [1.807, 2.05) is 31.2 Å². The van der Waals surface area contributed by atoms with E-state index < -0.39 is 11.6 Å². The molecule has 0 aromatic heterocycles. The molecule has 2 aromatic rings. The van der Waals surface area contributed by atoms with Crippen LogP contribution < -0.4 is 4.90 Å². The Labute approximate surface area is 115 Å². The number of para-hydroxylation sites is 1. The molecule has 1 amide bonds. The van der Waals surface area contributed by atoms with Crippen LogP contribution in [0, 0.1) is 11.6 Å². The lowest BCUT2D eigenvalue weighted by Gasteiger charge is -2.22. The Balaban J connectivity index is 2.00. The highest BCUT2D eigenvalue weighted by atomic mass is 19.2. The van der Waals surface area contributed by atoms with E-state index in [4.69, 9.17) is 0 Å². The molecular formula is C16H13F2NO. The molecule has 2 nitrogen and oxygen atoms in total. The fourth-order valence-electron chi connectivity index (χ4n) is 2.64. The first kappa shape index (κ1) is 12.8. The van der Waals surface area contributed by atoms with Crippen LogP contribution in [0.5, 0.6) is 0 Å². The van der Waals surface area contributed by atoms with Crippen LogP contribution in [0.3, 0.4) is 0 Å². The minimum Gasteiger partial charge on any atom is -0.305 e. The van der Waals surface area contributed by atoms with Gasteiger partial charge in [-0.3, -0.25) is 4.79 Å². The highest BCUT2D eigenvalue weighted by Gasteiger charge is 2.31. The number of fused-ring (bicyclic) bond motifs is 1. The van der Waals surface area contributed by atoms with Gasteiger partial charge in [0, 0.05) is 17.3 Å². The van der Waals surface area contributed by atoms with Gasteiger partial charge in [0.1, 0.15) is 0 Å². The van der Waals surface area contributed by atoms with E-state index in [0.717, 1.165) is 29.8 Å². The zero-order chi connectivity index (χ0) is 14.3. The molecule has 1 atom stereocenters. The van der Waals surface area contributed by atoms with Crippen LogP contribution in [0.2, 0.25) is 0 Å². The van der Waals surface area contributed by atoms with E-state index in [1.165, 1.54) is 6.07 Å². The summed E-state index contributed by atoms with van der Waals surface area (Å²) in [5.74, 6) is -2.26. The maximum absolute atomic E-state index is 13.3. The summed E-state index contributed by atoms with van der Waals surface area (Å²) in [5, 5.41) is 0. The molecule has 0 saturated carbocycles. The van der Waals surface area contributed by atoms with Crippen LogP contribution in [0.1, 0.15) is 22.8 Å². The zero-order valence-corrected chi connectivity index (χ0v) is 10.9. The van der Waals surface area contributed by atoms with Gasteiger partial charge in [0.15, 0.2) is 11.6 Å².